The Labute approximate surface area is 186 Å². The van der Waals surface area contributed by atoms with E-state index in [1.165, 1.54) is 27.8 Å². The summed E-state index contributed by atoms with van der Waals surface area (Å²) in [4.78, 5) is 30.3. The third-order valence-corrected chi connectivity index (χ3v) is 7.48. The zero-order valence-corrected chi connectivity index (χ0v) is 19.3. The first-order valence-electron chi connectivity index (χ1n) is 10.8. The number of anilines is 1. The van der Waals surface area contributed by atoms with E-state index in [-0.39, 0.29) is 29.6 Å². The molecule has 1 atom stereocenters. The fourth-order valence-corrected chi connectivity index (χ4v) is 4.74. The fraction of sp³-hybridized carbons (Fsp3) is 0.478. The normalized spacial score (nSPS) is 17.0. The molecule has 1 fully saturated rings. The van der Waals surface area contributed by atoms with Crippen LogP contribution in [-0.4, -0.2) is 45.0 Å². The SMILES string of the molecule is CCC(C)(C)c1nnc(NC(=O)[C@@H]2CC(=O)N(CCc3c[nH]c4ccc(C)cc34)C2)s1. The Morgan fingerprint density at radius 3 is 2.94 bits per heavy atom. The highest BCUT2D eigenvalue weighted by atomic mass is 32.1. The van der Waals surface area contributed by atoms with Gasteiger partial charge in [-0.3, -0.25) is 9.59 Å². The minimum atomic E-state index is -0.357. The summed E-state index contributed by atoms with van der Waals surface area (Å²) in [7, 11) is 0. The molecule has 2 amide bonds. The van der Waals surface area contributed by atoms with Crippen molar-refractivity contribution in [2.75, 3.05) is 18.4 Å². The summed E-state index contributed by atoms with van der Waals surface area (Å²) in [5.74, 6) is -0.485. The molecule has 4 rings (SSSR count). The minimum Gasteiger partial charge on any atom is -0.361 e. The molecular formula is C23H29N5O2S. The molecule has 0 bridgehead atoms. The maximum atomic E-state index is 12.7. The molecule has 2 aromatic heterocycles. The quantitative estimate of drug-likeness (QED) is 0.581. The molecule has 1 aliphatic heterocycles. The average molecular weight is 440 g/mol. The number of likely N-dealkylation sites (tertiary alicyclic amines) is 1. The van der Waals surface area contributed by atoms with Crippen LogP contribution in [0.3, 0.4) is 0 Å². The van der Waals surface area contributed by atoms with Crippen LogP contribution < -0.4 is 5.32 Å². The minimum absolute atomic E-state index is 0.0289. The molecule has 3 aromatic rings. The van der Waals surface area contributed by atoms with Gasteiger partial charge in [0.25, 0.3) is 0 Å². The maximum Gasteiger partial charge on any atom is 0.231 e. The van der Waals surface area contributed by atoms with E-state index in [1.54, 1.807) is 4.90 Å². The number of benzene rings is 1. The van der Waals surface area contributed by atoms with Gasteiger partial charge < -0.3 is 15.2 Å². The molecular weight excluding hydrogens is 410 g/mol. The zero-order valence-electron chi connectivity index (χ0n) is 18.5. The number of hydrogen-bond acceptors (Lipinski definition) is 5. The monoisotopic (exact) mass is 439 g/mol. The second-order valence-corrected chi connectivity index (χ2v) is 9.97. The number of H-pyrrole nitrogens is 1. The molecule has 0 unspecified atom stereocenters. The summed E-state index contributed by atoms with van der Waals surface area (Å²) in [6.07, 6.45) is 3.96. The van der Waals surface area contributed by atoms with Crippen molar-refractivity contribution in [1.29, 1.82) is 0 Å². The fourth-order valence-electron chi connectivity index (χ4n) is 3.82. The summed E-state index contributed by atoms with van der Waals surface area (Å²) in [6.45, 7) is 9.46. The van der Waals surface area contributed by atoms with Crippen molar-refractivity contribution in [3.8, 4) is 0 Å². The van der Waals surface area contributed by atoms with Gasteiger partial charge in [0.1, 0.15) is 5.01 Å². The lowest BCUT2D eigenvalue weighted by molar-refractivity contribution is -0.128. The number of fused-ring (bicyclic) bond motifs is 1. The third kappa shape index (κ3) is 4.49. The predicted molar refractivity (Wildman–Crippen MR) is 123 cm³/mol. The summed E-state index contributed by atoms with van der Waals surface area (Å²) < 4.78 is 0. The highest BCUT2D eigenvalue weighted by molar-refractivity contribution is 7.15. The molecule has 0 aliphatic carbocycles. The van der Waals surface area contributed by atoms with Crippen molar-refractivity contribution in [3.05, 3.63) is 40.5 Å². The van der Waals surface area contributed by atoms with E-state index in [0.29, 0.717) is 18.2 Å². The Kier molecular flexibility index (Phi) is 5.83. The Hall–Kier alpha value is -2.74. The number of nitrogens with one attached hydrogen (secondary N) is 2. The van der Waals surface area contributed by atoms with Gasteiger partial charge in [-0.05, 0) is 37.5 Å². The van der Waals surface area contributed by atoms with Crippen molar-refractivity contribution in [2.45, 2.75) is 52.4 Å². The van der Waals surface area contributed by atoms with Crippen LogP contribution in [0, 0.1) is 12.8 Å². The number of carbonyl (C=O) groups excluding carboxylic acids is 2. The number of aromatic amines is 1. The summed E-state index contributed by atoms with van der Waals surface area (Å²) in [5, 5.41) is 13.8. The van der Waals surface area contributed by atoms with Crippen LogP contribution in [-0.2, 0) is 21.4 Å². The van der Waals surface area contributed by atoms with E-state index in [0.717, 1.165) is 23.4 Å². The number of nitrogens with zero attached hydrogens (tertiary/aromatic N) is 3. The number of amides is 2. The summed E-state index contributed by atoms with van der Waals surface area (Å²) in [6, 6.07) is 6.33. The van der Waals surface area contributed by atoms with Crippen LogP contribution in [0.4, 0.5) is 5.13 Å². The lowest BCUT2D eigenvalue weighted by Gasteiger charge is -2.17. The number of aromatic nitrogens is 3. The van der Waals surface area contributed by atoms with E-state index < -0.39 is 0 Å². The van der Waals surface area contributed by atoms with Crippen molar-refractivity contribution in [1.82, 2.24) is 20.1 Å². The lowest BCUT2D eigenvalue weighted by atomic mass is 9.91. The first-order chi connectivity index (χ1) is 14.8. The van der Waals surface area contributed by atoms with Crippen LogP contribution in [0.25, 0.3) is 10.9 Å². The van der Waals surface area contributed by atoms with Gasteiger partial charge in [-0.1, -0.05) is 43.7 Å². The Morgan fingerprint density at radius 2 is 2.16 bits per heavy atom. The molecule has 3 heterocycles. The molecule has 0 radical (unpaired) electrons. The van der Waals surface area contributed by atoms with Crippen LogP contribution in [0.5, 0.6) is 0 Å². The first-order valence-corrected chi connectivity index (χ1v) is 11.6. The van der Waals surface area contributed by atoms with Gasteiger partial charge in [0.05, 0.1) is 5.92 Å². The van der Waals surface area contributed by atoms with E-state index in [2.05, 4.69) is 66.4 Å². The van der Waals surface area contributed by atoms with Crippen LogP contribution in [0.2, 0.25) is 0 Å². The molecule has 0 spiro atoms. The van der Waals surface area contributed by atoms with Gasteiger partial charge in [0, 0.05) is 42.0 Å². The molecule has 7 nitrogen and oxygen atoms in total. The van der Waals surface area contributed by atoms with Gasteiger partial charge in [-0.15, -0.1) is 10.2 Å². The third-order valence-electron chi connectivity index (χ3n) is 6.28. The van der Waals surface area contributed by atoms with Crippen molar-refractivity contribution in [2.24, 2.45) is 5.92 Å². The standard InChI is InChI=1S/C23H29N5O2S/c1-5-23(3,4)21-26-27-22(31-21)25-20(30)16-11-19(29)28(13-16)9-8-15-12-24-18-7-6-14(2)10-17(15)18/h6-7,10,12,16,24H,5,8-9,11,13H2,1-4H3,(H,25,27,30)/t16-/m1/s1. The van der Waals surface area contributed by atoms with Crippen molar-refractivity contribution >= 4 is 39.2 Å². The van der Waals surface area contributed by atoms with Gasteiger partial charge in [-0.2, -0.15) is 0 Å². The van der Waals surface area contributed by atoms with Crippen LogP contribution >= 0.6 is 11.3 Å². The van der Waals surface area contributed by atoms with Gasteiger partial charge in [-0.25, -0.2) is 0 Å². The maximum absolute atomic E-state index is 12.7. The van der Waals surface area contributed by atoms with Gasteiger partial charge >= 0.3 is 0 Å². The highest BCUT2D eigenvalue weighted by Crippen LogP contribution is 2.31. The van der Waals surface area contributed by atoms with E-state index >= 15 is 0 Å². The second kappa shape index (κ2) is 8.42. The summed E-state index contributed by atoms with van der Waals surface area (Å²) >= 11 is 1.41. The highest BCUT2D eigenvalue weighted by Gasteiger charge is 2.34. The molecule has 164 valence electrons. The molecule has 1 saturated heterocycles. The van der Waals surface area contributed by atoms with Gasteiger partial charge in [0.2, 0.25) is 16.9 Å². The molecule has 0 saturated carbocycles. The number of rotatable bonds is 7. The molecule has 8 heteroatoms. The molecule has 2 N–H and O–H groups in total. The van der Waals surface area contributed by atoms with Crippen molar-refractivity contribution < 1.29 is 9.59 Å². The zero-order chi connectivity index (χ0) is 22.2. The van der Waals surface area contributed by atoms with Crippen LogP contribution in [0.15, 0.2) is 24.4 Å². The average Bonchev–Trinajstić information content (AvgIpc) is 3.45. The Balaban J connectivity index is 1.35. The lowest BCUT2D eigenvalue weighted by Crippen LogP contribution is -2.30. The van der Waals surface area contributed by atoms with Crippen molar-refractivity contribution in [3.63, 3.8) is 0 Å². The topological polar surface area (TPSA) is 91.0 Å². The van der Waals surface area contributed by atoms with Crippen LogP contribution in [0.1, 0.15) is 49.7 Å². The largest absolute Gasteiger partial charge is 0.361 e. The molecule has 1 aromatic carbocycles. The smallest absolute Gasteiger partial charge is 0.231 e. The first kappa shape index (κ1) is 21.5. The number of carbonyl (C=O) groups is 2. The predicted octanol–water partition coefficient (Wildman–Crippen LogP) is 4.05. The Morgan fingerprint density at radius 1 is 1.35 bits per heavy atom. The summed E-state index contributed by atoms with van der Waals surface area (Å²) in [5.41, 5.74) is 3.44. The van der Waals surface area contributed by atoms with E-state index in [9.17, 15) is 9.59 Å². The van der Waals surface area contributed by atoms with Gasteiger partial charge in [0.15, 0.2) is 0 Å². The number of aryl methyl sites for hydroxylation is 1. The molecule has 31 heavy (non-hydrogen) atoms. The Bertz CT molecular complexity index is 1120. The number of hydrogen-bond donors (Lipinski definition) is 2. The van der Waals surface area contributed by atoms with E-state index in [4.69, 9.17) is 0 Å². The molecule has 1 aliphatic rings. The van der Waals surface area contributed by atoms with E-state index in [1.807, 2.05) is 6.20 Å². The second-order valence-electron chi connectivity index (χ2n) is 8.99.